The lowest BCUT2D eigenvalue weighted by Crippen LogP contribution is -2.16. The topological polar surface area (TPSA) is 79.8 Å². The van der Waals surface area contributed by atoms with E-state index < -0.39 is 0 Å². The lowest BCUT2D eigenvalue weighted by molar-refractivity contribution is -0.115. The predicted octanol–water partition coefficient (Wildman–Crippen LogP) is 2.90. The SMILES string of the molecule is CCC(=O)Nc1nc(C)nc(NC(C)c2ccc(F)s2)n1. The Hall–Kier alpha value is -2.09. The van der Waals surface area contributed by atoms with Crippen molar-refractivity contribution in [1.29, 1.82) is 0 Å². The summed E-state index contributed by atoms with van der Waals surface area (Å²) in [5.74, 6) is 0.875. The normalized spacial score (nSPS) is 12.0. The van der Waals surface area contributed by atoms with Crippen LogP contribution in [-0.4, -0.2) is 20.9 Å². The van der Waals surface area contributed by atoms with Gasteiger partial charge in [0.1, 0.15) is 5.82 Å². The Morgan fingerprint density at radius 2 is 2.05 bits per heavy atom. The van der Waals surface area contributed by atoms with Crippen molar-refractivity contribution in [3.05, 3.63) is 28.0 Å². The van der Waals surface area contributed by atoms with E-state index in [1.165, 1.54) is 6.07 Å². The van der Waals surface area contributed by atoms with Gasteiger partial charge in [-0.15, -0.1) is 11.3 Å². The van der Waals surface area contributed by atoms with Gasteiger partial charge in [-0.05, 0) is 26.0 Å². The molecule has 0 aromatic carbocycles. The van der Waals surface area contributed by atoms with Gasteiger partial charge in [0.05, 0.1) is 6.04 Å². The molecule has 6 nitrogen and oxygen atoms in total. The number of aromatic nitrogens is 3. The van der Waals surface area contributed by atoms with Crippen LogP contribution in [0, 0.1) is 12.1 Å². The van der Waals surface area contributed by atoms with E-state index >= 15 is 0 Å². The Labute approximate surface area is 125 Å². The Morgan fingerprint density at radius 3 is 2.67 bits per heavy atom. The average molecular weight is 309 g/mol. The van der Waals surface area contributed by atoms with Crippen LogP contribution < -0.4 is 10.6 Å². The lowest BCUT2D eigenvalue weighted by atomic mass is 10.3. The fourth-order valence-corrected chi connectivity index (χ4v) is 2.37. The minimum absolute atomic E-state index is 0.143. The predicted molar refractivity (Wildman–Crippen MR) is 79.8 cm³/mol. The standard InChI is InChI=1S/C13H16FN5OS/c1-4-11(20)18-13-17-8(3)16-12(19-13)15-7(2)9-5-6-10(14)21-9/h5-7H,4H2,1-3H3,(H2,15,16,17,18,19,20). The molecular formula is C13H16FN5OS. The van der Waals surface area contributed by atoms with Gasteiger partial charge < -0.3 is 5.32 Å². The van der Waals surface area contributed by atoms with Gasteiger partial charge in [-0.3, -0.25) is 10.1 Å². The average Bonchev–Trinajstić information content (AvgIpc) is 2.84. The molecule has 0 saturated heterocycles. The van der Waals surface area contributed by atoms with Gasteiger partial charge in [0.25, 0.3) is 0 Å². The fraction of sp³-hybridized carbons (Fsp3) is 0.385. The number of amides is 1. The van der Waals surface area contributed by atoms with Crippen LogP contribution in [0.3, 0.4) is 0 Å². The summed E-state index contributed by atoms with van der Waals surface area (Å²) in [7, 11) is 0. The van der Waals surface area contributed by atoms with E-state index in [0.717, 1.165) is 16.2 Å². The number of hydrogen-bond donors (Lipinski definition) is 2. The van der Waals surface area contributed by atoms with Gasteiger partial charge in [0, 0.05) is 11.3 Å². The van der Waals surface area contributed by atoms with E-state index in [9.17, 15) is 9.18 Å². The third-order valence-electron chi connectivity index (χ3n) is 2.69. The molecule has 2 rings (SSSR count). The molecule has 112 valence electrons. The maximum Gasteiger partial charge on any atom is 0.234 e. The number of carbonyl (C=O) groups excluding carboxylic acids is 1. The summed E-state index contributed by atoms with van der Waals surface area (Å²) in [6, 6.07) is 2.99. The maximum atomic E-state index is 13.0. The highest BCUT2D eigenvalue weighted by Gasteiger charge is 2.12. The zero-order valence-electron chi connectivity index (χ0n) is 12.0. The first kappa shape index (κ1) is 15.3. The van der Waals surface area contributed by atoms with Gasteiger partial charge >= 0.3 is 0 Å². The zero-order valence-corrected chi connectivity index (χ0v) is 12.8. The third kappa shape index (κ3) is 4.19. The highest BCUT2D eigenvalue weighted by Crippen LogP contribution is 2.24. The van der Waals surface area contributed by atoms with Crippen LogP contribution in [0.15, 0.2) is 12.1 Å². The number of nitrogens with zero attached hydrogens (tertiary/aromatic N) is 3. The quantitative estimate of drug-likeness (QED) is 0.887. The molecule has 21 heavy (non-hydrogen) atoms. The van der Waals surface area contributed by atoms with Gasteiger partial charge in [-0.25, -0.2) is 0 Å². The second kappa shape index (κ2) is 6.57. The number of halogens is 1. The van der Waals surface area contributed by atoms with E-state index in [1.54, 1.807) is 19.9 Å². The molecule has 2 aromatic heterocycles. The molecule has 1 amide bonds. The molecule has 0 saturated carbocycles. The number of rotatable bonds is 5. The van der Waals surface area contributed by atoms with Crippen molar-refractivity contribution in [1.82, 2.24) is 15.0 Å². The van der Waals surface area contributed by atoms with Crippen LogP contribution >= 0.6 is 11.3 Å². The number of nitrogens with one attached hydrogen (secondary N) is 2. The number of anilines is 2. The van der Waals surface area contributed by atoms with Crippen molar-refractivity contribution in [2.45, 2.75) is 33.2 Å². The summed E-state index contributed by atoms with van der Waals surface area (Å²) in [6.07, 6.45) is 0.346. The Morgan fingerprint density at radius 1 is 1.33 bits per heavy atom. The largest absolute Gasteiger partial charge is 0.347 e. The van der Waals surface area contributed by atoms with Crippen LogP contribution in [0.4, 0.5) is 16.3 Å². The summed E-state index contributed by atoms with van der Waals surface area (Å²) < 4.78 is 13.0. The lowest BCUT2D eigenvalue weighted by Gasteiger charge is -2.13. The van der Waals surface area contributed by atoms with Gasteiger partial charge in [0.15, 0.2) is 5.13 Å². The number of thiophene rings is 1. The van der Waals surface area contributed by atoms with Crippen LogP contribution in [0.2, 0.25) is 0 Å². The van der Waals surface area contributed by atoms with E-state index in [-0.39, 0.29) is 23.0 Å². The molecule has 8 heteroatoms. The molecule has 2 N–H and O–H groups in total. The molecule has 0 radical (unpaired) electrons. The van der Waals surface area contributed by atoms with Crippen LogP contribution in [-0.2, 0) is 4.79 Å². The first-order valence-electron chi connectivity index (χ1n) is 6.52. The summed E-state index contributed by atoms with van der Waals surface area (Å²) in [4.78, 5) is 24.6. The number of aryl methyl sites for hydroxylation is 1. The minimum atomic E-state index is -0.235. The number of carbonyl (C=O) groups is 1. The van der Waals surface area contributed by atoms with Crippen LogP contribution in [0.5, 0.6) is 0 Å². The third-order valence-corrected chi connectivity index (χ3v) is 3.74. The number of hydrogen-bond acceptors (Lipinski definition) is 6. The molecule has 0 fully saturated rings. The van der Waals surface area contributed by atoms with Gasteiger partial charge in [0.2, 0.25) is 17.8 Å². The van der Waals surface area contributed by atoms with E-state index in [2.05, 4.69) is 25.6 Å². The molecular weight excluding hydrogens is 293 g/mol. The van der Waals surface area contributed by atoms with Crippen molar-refractivity contribution >= 4 is 29.1 Å². The van der Waals surface area contributed by atoms with Crippen LogP contribution in [0.25, 0.3) is 0 Å². The highest BCUT2D eigenvalue weighted by atomic mass is 32.1. The fourth-order valence-electron chi connectivity index (χ4n) is 1.64. The molecule has 0 aliphatic heterocycles. The Balaban J connectivity index is 2.14. The zero-order chi connectivity index (χ0) is 15.4. The Bertz CT molecular complexity index is 645. The second-order valence-electron chi connectivity index (χ2n) is 4.44. The molecule has 2 aromatic rings. The van der Waals surface area contributed by atoms with Crippen molar-refractivity contribution in [3.63, 3.8) is 0 Å². The monoisotopic (exact) mass is 309 g/mol. The molecule has 0 bridgehead atoms. The molecule has 0 spiro atoms. The maximum absolute atomic E-state index is 13.0. The smallest absolute Gasteiger partial charge is 0.234 e. The van der Waals surface area contributed by atoms with Crippen molar-refractivity contribution < 1.29 is 9.18 Å². The summed E-state index contributed by atoms with van der Waals surface area (Å²) in [6.45, 7) is 5.34. The minimum Gasteiger partial charge on any atom is -0.347 e. The van der Waals surface area contributed by atoms with E-state index in [1.807, 2.05) is 6.92 Å². The summed E-state index contributed by atoms with van der Waals surface area (Å²) in [5.41, 5.74) is 0. The van der Waals surface area contributed by atoms with Gasteiger partial charge in [-0.2, -0.15) is 19.3 Å². The highest BCUT2D eigenvalue weighted by molar-refractivity contribution is 7.10. The van der Waals surface area contributed by atoms with Crippen LogP contribution in [0.1, 0.15) is 37.0 Å². The molecule has 0 aliphatic rings. The van der Waals surface area contributed by atoms with Crippen molar-refractivity contribution in [2.24, 2.45) is 0 Å². The summed E-state index contributed by atoms with van der Waals surface area (Å²) in [5, 5.41) is 5.43. The molecule has 1 atom stereocenters. The van der Waals surface area contributed by atoms with Crippen molar-refractivity contribution in [3.8, 4) is 0 Å². The van der Waals surface area contributed by atoms with E-state index in [4.69, 9.17) is 0 Å². The molecule has 0 aliphatic carbocycles. The molecule has 1 unspecified atom stereocenters. The second-order valence-corrected chi connectivity index (χ2v) is 5.51. The van der Waals surface area contributed by atoms with Crippen molar-refractivity contribution in [2.75, 3.05) is 10.6 Å². The summed E-state index contributed by atoms with van der Waals surface area (Å²) >= 11 is 1.07. The Kier molecular flexibility index (Phi) is 4.79. The first-order valence-corrected chi connectivity index (χ1v) is 7.34. The molecule has 2 heterocycles. The first-order chi connectivity index (χ1) is 9.97. The van der Waals surface area contributed by atoms with E-state index in [0.29, 0.717) is 18.2 Å². The van der Waals surface area contributed by atoms with Gasteiger partial charge in [-0.1, -0.05) is 6.92 Å².